The van der Waals surface area contributed by atoms with Crippen molar-refractivity contribution in [2.24, 2.45) is 5.73 Å². The molecule has 0 saturated carbocycles. The molecular weight excluding hydrogens is 220 g/mol. The molecule has 4 N–H and O–H groups in total. The van der Waals surface area contributed by atoms with E-state index in [1.54, 1.807) is 5.32 Å². The summed E-state index contributed by atoms with van der Waals surface area (Å²) < 4.78 is 4.73. The highest BCUT2D eigenvalue weighted by Crippen LogP contribution is 2.21. The first-order valence-electron chi connectivity index (χ1n) is 4.11. The van der Waals surface area contributed by atoms with Crippen molar-refractivity contribution in [2.75, 3.05) is 14.2 Å². The van der Waals surface area contributed by atoms with Crippen LogP contribution in [0.25, 0.3) is 0 Å². The van der Waals surface area contributed by atoms with Gasteiger partial charge in [-0.2, -0.15) is 0 Å². The van der Waals surface area contributed by atoms with E-state index in [9.17, 15) is 19.2 Å². The van der Waals surface area contributed by atoms with Gasteiger partial charge in [0.25, 0.3) is 11.8 Å². The minimum atomic E-state index is -2.20. The zero-order chi connectivity index (χ0) is 12.5. The van der Waals surface area contributed by atoms with Crippen LogP contribution in [0.1, 0.15) is 0 Å². The number of nitrogens with zero attached hydrogens (tertiary/aromatic N) is 1. The van der Waals surface area contributed by atoms with Crippen LogP contribution in [-0.2, 0) is 14.3 Å². The molecule has 0 aromatic heterocycles. The Hall–Kier alpha value is -2.16. The minimum absolute atomic E-state index is 0.730. The second-order valence-electron chi connectivity index (χ2n) is 2.98. The molecule has 1 aliphatic rings. The maximum atomic E-state index is 11.6. The van der Waals surface area contributed by atoms with Crippen molar-refractivity contribution in [1.29, 1.82) is 0 Å². The first-order chi connectivity index (χ1) is 7.36. The fraction of sp³-hybridized carbons (Fsp3) is 0.429. The van der Waals surface area contributed by atoms with Crippen molar-refractivity contribution in [3.8, 4) is 0 Å². The van der Waals surface area contributed by atoms with Crippen LogP contribution < -0.4 is 16.4 Å². The van der Waals surface area contributed by atoms with Crippen molar-refractivity contribution in [3.05, 3.63) is 0 Å². The molecule has 0 aromatic carbocycles. The van der Waals surface area contributed by atoms with Crippen LogP contribution >= 0.6 is 0 Å². The van der Waals surface area contributed by atoms with Crippen molar-refractivity contribution in [2.45, 2.75) is 5.72 Å². The predicted octanol–water partition coefficient (Wildman–Crippen LogP) is -2.29. The van der Waals surface area contributed by atoms with E-state index in [4.69, 9.17) is 10.5 Å². The Kier molecular flexibility index (Phi) is 2.81. The van der Waals surface area contributed by atoms with Crippen LogP contribution in [0.3, 0.4) is 0 Å². The van der Waals surface area contributed by atoms with Crippen LogP contribution in [0.2, 0.25) is 0 Å². The molecule has 9 nitrogen and oxygen atoms in total. The van der Waals surface area contributed by atoms with Crippen molar-refractivity contribution < 1.29 is 23.9 Å². The maximum Gasteiger partial charge on any atom is 0.327 e. The van der Waals surface area contributed by atoms with Crippen LogP contribution in [0, 0.1) is 0 Å². The molecule has 1 atom stereocenters. The van der Waals surface area contributed by atoms with E-state index in [1.807, 2.05) is 5.32 Å². The lowest BCUT2D eigenvalue weighted by Crippen LogP contribution is -2.61. The van der Waals surface area contributed by atoms with E-state index in [0.717, 1.165) is 12.0 Å². The van der Waals surface area contributed by atoms with Gasteiger partial charge in [0.05, 0.1) is 0 Å². The first-order valence-corrected chi connectivity index (χ1v) is 4.11. The van der Waals surface area contributed by atoms with E-state index in [2.05, 4.69) is 0 Å². The second kappa shape index (κ2) is 3.77. The number of nitrogens with two attached hydrogens (primary N) is 1. The number of hydrogen-bond donors (Lipinski definition) is 3. The number of imide groups is 2. The Balaban J connectivity index is 3.10. The number of urea groups is 2. The third kappa shape index (κ3) is 1.46. The number of carbonyl (C=O) groups is 4. The molecule has 0 radical (unpaired) electrons. The van der Waals surface area contributed by atoms with Crippen LogP contribution in [0.5, 0.6) is 0 Å². The molecular formula is C7H10N4O5. The smallest absolute Gasteiger partial charge is 0.327 e. The maximum absolute atomic E-state index is 11.6. The van der Waals surface area contributed by atoms with E-state index >= 15 is 0 Å². The van der Waals surface area contributed by atoms with Gasteiger partial charge in [-0.3, -0.25) is 25.1 Å². The molecule has 0 aliphatic carbocycles. The Bertz CT molecular complexity index is 381. The number of carbonyl (C=O) groups excluding carboxylic acids is 4. The summed E-state index contributed by atoms with van der Waals surface area (Å²) in [5.41, 5.74) is 2.54. The molecule has 1 heterocycles. The Morgan fingerprint density at radius 2 is 2.06 bits per heavy atom. The monoisotopic (exact) mass is 230 g/mol. The normalized spacial score (nSPS) is 24.2. The summed E-state index contributed by atoms with van der Waals surface area (Å²) in [7, 11) is 2.22. The number of primary amides is 1. The van der Waals surface area contributed by atoms with Gasteiger partial charge in [0, 0.05) is 14.2 Å². The molecule has 1 unspecified atom stereocenters. The van der Waals surface area contributed by atoms with Crippen LogP contribution in [-0.4, -0.2) is 48.7 Å². The molecule has 0 aromatic rings. The second-order valence-corrected chi connectivity index (χ2v) is 2.98. The quantitative estimate of drug-likeness (QED) is 0.363. The van der Waals surface area contributed by atoms with E-state index in [1.165, 1.54) is 7.05 Å². The highest BCUT2D eigenvalue weighted by atomic mass is 16.5. The largest absolute Gasteiger partial charge is 0.351 e. The number of ether oxygens (including phenoxy) is 1. The predicted molar refractivity (Wildman–Crippen MR) is 48.8 cm³/mol. The van der Waals surface area contributed by atoms with E-state index < -0.39 is 29.6 Å². The summed E-state index contributed by atoms with van der Waals surface area (Å²) in [5.74, 6) is -2.12. The van der Waals surface area contributed by atoms with Crippen LogP contribution in [0.15, 0.2) is 0 Å². The van der Waals surface area contributed by atoms with Gasteiger partial charge in [-0.05, 0) is 0 Å². The number of nitrogens with one attached hydrogen (secondary N) is 2. The summed E-state index contributed by atoms with van der Waals surface area (Å²) in [6.07, 6.45) is 0. The van der Waals surface area contributed by atoms with Gasteiger partial charge in [0.15, 0.2) is 0 Å². The van der Waals surface area contributed by atoms with Gasteiger partial charge >= 0.3 is 17.8 Å². The van der Waals surface area contributed by atoms with Crippen molar-refractivity contribution in [1.82, 2.24) is 15.5 Å². The Morgan fingerprint density at radius 3 is 2.38 bits per heavy atom. The molecule has 9 heteroatoms. The topological polar surface area (TPSA) is 131 Å². The highest BCUT2D eigenvalue weighted by Gasteiger charge is 2.58. The van der Waals surface area contributed by atoms with Gasteiger partial charge in [0.1, 0.15) is 0 Å². The SMILES string of the molecule is COC1(C(=O)NC(N)=O)C(=O)NC(=O)N1C. The van der Waals surface area contributed by atoms with E-state index in [0.29, 0.717) is 0 Å². The summed E-state index contributed by atoms with van der Waals surface area (Å²) in [6, 6.07) is -1.96. The Labute approximate surface area is 89.9 Å². The average molecular weight is 230 g/mol. The number of hydrogen-bond acceptors (Lipinski definition) is 5. The van der Waals surface area contributed by atoms with Gasteiger partial charge < -0.3 is 10.5 Å². The standard InChI is InChI=1S/C7H10N4O5/c1-11-6(15)10-4(13)7(11,16-2)3(12)9-5(8)14/h1-2H3,(H,10,13,15)(H3,8,9,12,14). The lowest BCUT2D eigenvalue weighted by Gasteiger charge is -2.28. The zero-order valence-corrected chi connectivity index (χ0v) is 8.57. The Morgan fingerprint density at radius 1 is 1.50 bits per heavy atom. The highest BCUT2D eigenvalue weighted by molar-refractivity contribution is 6.20. The molecule has 0 bridgehead atoms. The minimum Gasteiger partial charge on any atom is -0.351 e. The summed E-state index contributed by atoms with van der Waals surface area (Å²) in [4.78, 5) is 45.5. The lowest BCUT2D eigenvalue weighted by atomic mass is 10.2. The average Bonchev–Trinajstić information content (AvgIpc) is 2.38. The number of rotatable bonds is 2. The fourth-order valence-corrected chi connectivity index (χ4v) is 1.34. The third-order valence-electron chi connectivity index (χ3n) is 2.15. The van der Waals surface area contributed by atoms with Gasteiger partial charge in [-0.25, -0.2) is 9.59 Å². The summed E-state index contributed by atoms with van der Waals surface area (Å²) >= 11 is 0. The molecule has 88 valence electrons. The van der Waals surface area contributed by atoms with Gasteiger partial charge in [-0.15, -0.1) is 0 Å². The fourth-order valence-electron chi connectivity index (χ4n) is 1.34. The van der Waals surface area contributed by atoms with Crippen LogP contribution in [0.4, 0.5) is 9.59 Å². The number of likely N-dealkylation sites (N-methyl/N-ethyl adjacent to an activating group) is 1. The molecule has 1 fully saturated rings. The zero-order valence-electron chi connectivity index (χ0n) is 8.57. The van der Waals surface area contributed by atoms with Crippen molar-refractivity contribution >= 4 is 23.9 Å². The van der Waals surface area contributed by atoms with Crippen molar-refractivity contribution in [3.63, 3.8) is 0 Å². The number of amides is 6. The van der Waals surface area contributed by atoms with Gasteiger partial charge in [0.2, 0.25) is 0 Å². The summed E-state index contributed by atoms with van der Waals surface area (Å²) in [5, 5.41) is 3.55. The summed E-state index contributed by atoms with van der Waals surface area (Å²) in [6.45, 7) is 0. The molecule has 6 amide bonds. The first kappa shape index (κ1) is 11.9. The lowest BCUT2D eigenvalue weighted by molar-refractivity contribution is -0.166. The van der Waals surface area contributed by atoms with E-state index in [-0.39, 0.29) is 0 Å². The molecule has 1 rings (SSSR count). The molecule has 16 heavy (non-hydrogen) atoms. The third-order valence-corrected chi connectivity index (χ3v) is 2.15. The van der Waals surface area contributed by atoms with Gasteiger partial charge in [-0.1, -0.05) is 0 Å². The number of methoxy groups -OCH3 is 1. The molecule has 1 saturated heterocycles. The molecule has 1 aliphatic heterocycles. The molecule has 0 spiro atoms.